The third kappa shape index (κ3) is 4.25. The molecule has 0 heterocycles. The third-order valence-corrected chi connectivity index (χ3v) is 2.34. The standard InChI is InChI=1S/C11H12F2N2O4.CH4/c1-5(16)9(11(18)15-19)14-10(17)6-2-3-7(12)8(13)4-6;/h2-5,9,16,19H,1H3,(H,14,17)(H,15,18);1H4/t5-,9?;/m1./s1. The van der Waals surface area contributed by atoms with E-state index in [0.717, 1.165) is 12.1 Å². The van der Waals surface area contributed by atoms with Gasteiger partial charge in [-0.1, -0.05) is 7.43 Å². The fourth-order valence-electron chi connectivity index (χ4n) is 1.34. The Morgan fingerprint density at radius 2 is 1.85 bits per heavy atom. The van der Waals surface area contributed by atoms with Crippen LogP contribution in [0.25, 0.3) is 0 Å². The first-order chi connectivity index (χ1) is 8.86. The van der Waals surface area contributed by atoms with E-state index in [0.29, 0.717) is 6.07 Å². The summed E-state index contributed by atoms with van der Waals surface area (Å²) in [5.41, 5.74) is 1.05. The van der Waals surface area contributed by atoms with Gasteiger partial charge < -0.3 is 10.4 Å². The van der Waals surface area contributed by atoms with E-state index >= 15 is 0 Å². The molecule has 20 heavy (non-hydrogen) atoms. The lowest BCUT2D eigenvalue weighted by Crippen LogP contribution is -2.51. The van der Waals surface area contributed by atoms with Crippen LogP contribution in [0.3, 0.4) is 0 Å². The number of amides is 2. The lowest BCUT2D eigenvalue weighted by Gasteiger charge is -2.19. The summed E-state index contributed by atoms with van der Waals surface area (Å²) in [6.07, 6.45) is -1.29. The molecule has 6 nitrogen and oxygen atoms in total. The van der Waals surface area contributed by atoms with Crippen molar-refractivity contribution < 1.29 is 28.7 Å². The van der Waals surface area contributed by atoms with Gasteiger partial charge in [0.2, 0.25) is 0 Å². The van der Waals surface area contributed by atoms with Crippen LogP contribution >= 0.6 is 0 Å². The minimum atomic E-state index is -1.43. The third-order valence-electron chi connectivity index (χ3n) is 2.34. The first kappa shape index (κ1) is 17.9. The smallest absolute Gasteiger partial charge is 0.268 e. The molecule has 0 spiro atoms. The second-order valence-electron chi connectivity index (χ2n) is 3.80. The van der Waals surface area contributed by atoms with Gasteiger partial charge in [0.1, 0.15) is 6.04 Å². The number of carbonyl (C=O) groups is 2. The van der Waals surface area contributed by atoms with Crippen molar-refractivity contribution in [3.05, 3.63) is 35.4 Å². The number of halogens is 2. The van der Waals surface area contributed by atoms with Crippen LogP contribution in [0.4, 0.5) is 8.78 Å². The summed E-state index contributed by atoms with van der Waals surface area (Å²) in [6, 6.07) is 1.00. The first-order valence-corrected chi connectivity index (χ1v) is 5.24. The summed E-state index contributed by atoms with van der Waals surface area (Å²) in [6.45, 7) is 1.21. The molecule has 0 saturated carbocycles. The van der Waals surface area contributed by atoms with Crippen molar-refractivity contribution in [3.63, 3.8) is 0 Å². The van der Waals surface area contributed by atoms with Gasteiger partial charge in [0, 0.05) is 5.56 Å². The van der Waals surface area contributed by atoms with Crippen molar-refractivity contribution in [3.8, 4) is 0 Å². The number of benzene rings is 1. The largest absolute Gasteiger partial charge is 0.391 e. The minimum Gasteiger partial charge on any atom is -0.391 e. The Bertz CT molecular complexity index is 494. The first-order valence-electron chi connectivity index (χ1n) is 5.24. The van der Waals surface area contributed by atoms with Crippen LogP contribution < -0.4 is 10.8 Å². The monoisotopic (exact) mass is 290 g/mol. The fraction of sp³-hybridized carbons (Fsp3) is 0.333. The molecule has 2 atom stereocenters. The van der Waals surface area contributed by atoms with Gasteiger partial charge in [-0.3, -0.25) is 14.8 Å². The minimum absolute atomic E-state index is 0. The average molecular weight is 290 g/mol. The van der Waals surface area contributed by atoms with E-state index in [-0.39, 0.29) is 13.0 Å². The van der Waals surface area contributed by atoms with E-state index in [1.807, 2.05) is 0 Å². The predicted molar refractivity (Wildman–Crippen MR) is 66.0 cm³/mol. The summed E-state index contributed by atoms with van der Waals surface area (Å²) in [4.78, 5) is 22.8. The van der Waals surface area contributed by atoms with Gasteiger partial charge in [0.15, 0.2) is 11.6 Å². The number of aliphatic hydroxyl groups is 1. The Labute approximate surface area is 114 Å². The molecule has 0 bridgehead atoms. The van der Waals surface area contributed by atoms with Crippen LogP contribution in [-0.4, -0.2) is 34.3 Å². The van der Waals surface area contributed by atoms with Gasteiger partial charge in [-0.2, -0.15) is 0 Å². The summed E-state index contributed by atoms with van der Waals surface area (Å²) in [5, 5.41) is 19.8. The SMILES string of the molecule is C.C[C@@H](O)C(NC(=O)c1ccc(F)c(F)c1)C(=O)NO. The van der Waals surface area contributed by atoms with Crippen LogP contribution in [-0.2, 0) is 4.79 Å². The molecule has 0 aliphatic heterocycles. The second kappa shape index (κ2) is 7.51. The predicted octanol–water partition coefficient (Wildman–Crippen LogP) is 0.585. The summed E-state index contributed by atoms with van der Waals surface area (Å²) in [5.74, 6) is -4.26. The summed E-state index contributed by atoms with van der Waals surface area (Å²) in [7, 11) is 0. The van der Waals surface area contributed by atoms with E-state index in [2.05, 4.69) is 5.32 Å². The highest BCUT2D eigenvalue weighted by Gasteiger charge is 2.26. The zero-order chi connectivity index (χ0) is 14.6. The highest BCUT2D eigenvalue weighted by Crippen LogP contribution is 2.09. The molecule has 8 heteroatoms. The van der Waals surface area contributed by atoms with Crippen molar-refractivity contribution in [1.82, 2.24) is 10.8 Å². The maximum absolute atomic E-state index is 12.9. The quantitative estimate of drug-likeness (QED) is 0.481. The molecule has 0 aliphatic rings. The molecule has 4 N–H and O–H groups in total. The van der Waals surface area contributed by atoms with Crippen LogP contribution in [0.5, 0.6) is 0 Å². The molecule has 1 aromatic carbocycles. The van der Waals surface area contributed by atoms with Crippen molar-refractivity contribution in [2.75, 3.05) is 0 Å². The molecule has 0 aliphatic carbocycles. The molecule has 2 amide bonds. The molecule has 112 valence electrons. The van der Waals surface area contributed by atoms with Gasteiger partial charge in [-0.25, -0.2) is 14.3 Å². The van der Waals surface area contributed by atoms with Gasteiger partial charge in [-0.15, -0.1) is 0 Å². The number of rotatable bonds is 4. The van der Waals surface area contributed by atoms with Crippen LogP contribution in [0.15, 0.2) is 18.2 Å². The van der Waals surface area contributed by atoms with E-state index in [4.69, 9.17) is 5.21 Å². The number of hydrogen-bond acceptors (Lipinski definition) is 4. The van der Waals surface area contributed by atoms with Crippen LogP contribution in [0.1, 0.15) is 24.7 Å². The Hall–Kier alpha value is -2.06. The number of nitrogens with one attached hydrogen (secondary N) is 2. The molecule has 1 unspecified atom stereocenters. The molecule has 0 radical (unpaired) electrons. The molecule has 0 fully saturated rings. The Morgan fingerprint density at radius 1 is 1.25 bits per heavy atom. The van der Waals surface area contributed by atoms with Gasteiger partial charge in [0.05, 0.1) is 6.10 Å². The average Bonchev–Trinajstić information content (AvgIpc) is 2.37. The zero-order valence-corrected chi connectivity index (χ0v) is 9.85. The molecular weight excluding hydrogens is 274 g/mol. The number of aliphatic hydroxyl groups excluding tert-OH is 1. The van der Waals surface area contributed by atoms with Crippen LogP contribution in [0.2, 0.25) is 0 Å². The van der Waals surface area contributed by atoms with Crippen molar-refractivity contribution >= 4 is 11.8 Å². The van der Waals surface area contributed by atoms with Crippen molar-refractivity contribution in [1.29, 1.82) is 0 Å². The summed E-state index contributed by atoms with van der Waals surface area (Å²) >= 11 is 0. The Morgan fingerprint density at radius 3 is 2.30 bits per heavy atom. The van der Waals surface area contributed by atoms with Crippen molar-refractivity contribution in [2.45, 2.75) is 26.5 Å². The molecule has 0 saturated heterocycles. The maximum Gasteiger partial charge on any atom is 0.268 e. The van der Waals surface area contributed by atoms with Crippen molar-refractivity contribution in [2.24, 2.45) is 0 Å². The van der Waals surface area contributed by atoms with E-state index < -0.39 is 35.6 Å². The maximum atomic E-state index is 12.9. The van der Waals surface area contributed by atoms with E-state index in [1.165, 1.54) is 12.4 Å². The topological polar surface area (TPSA) is 98.7 Å². The summed E-state index contributed by atoms with van der Waals surface area (Å²) < 4.78 is 25.6. The Kier molecular flexibility index (Phi) is 6.74. The number of hydroxylamine groups is 1. The lowest BCUT2D eigenvalue weighted by molar-refractivity contribution is -0.133. The molecule has 1 aromatic rings. The van der Waals surface area contributed by atoms with E-state index in [1.54, 1.807) is 0 Å². The number of hydrogen-bond donors (Lipinski definition) is 4. The molecule has 0 aromatic heterocycles. The van der Waals surface area contributed by atoms with E-state index in [9.17, 15) is 23.5 Å². The molecular formula is C12H16F2N2O4. The zero-order valence-electron chi connectivity index (χ0n) is 9.85. The fourth-order valence-corrected chi connectivity index (χ4v) is 1.34. The molecule has 1 rings (SSSR count). The lowest BCUT2D eigenvalue weighted by atomic mass is 10.1. The normalized spacial score (nSPS) is 12.8. The van der Waals surface area contributed by atoms with Gasteiger partial charge in [-0.05, 0) is 25.1 Å². The second-order valence-corrected chi connectivity index (χ2v) is 3.80. The van der Waals surface area contributed by atoms with Gasteiger partial charge in [0.25, 0.3) is 11.8 Å². The Balaban J connectivity index is 0.00000361. The number of carbonyl (C=O) groups excluding carboxylic acids is 2. The highest BCUT2D eigenvalue weighted by atomic mass is 19.2. The van der Waals surface area contributed by atoms with Gasteiger partial charge >= 0.3 is 0 Å². The van der Waals surface area contributed by atoms with Crippen LogP contribution in [0, 0.1) is 11.6 Å². The highest BCUT2D eigenvalue weighted by molar-refractivity contribution is 5.97.